The summed E-state index contributed by atoms with van der Waals surface area (Å²) >= 11 is 0. The highest BCUT2D eigenvalue weighted by molar-refractivity contribution is 6.01. The van der Waals surface area contributed by atoms with Crippen LogP contribution < -0.4 is 15.5 Å². The van der Waals surface area contributed by atoms with Gasteiger partial charge in [0.2, 0.25) is 5.91 Å². The summed E-state index contributed by atoms with van der Waals surface area (Å²) in [7, 11) is 0. The van der Waals surface area contributed by atoms with Gasteiger partial charge in [0, 0.05) is 13.0 Å². The van der Waals surface area contributed by atoms with E-state index in [9.17, 15) is 9.59 Å². The van der Waals surface area contributed by atoms with E-state index in [0.717, 1.165) is 17.7 Å². The lowest BCUT2D eigenvalue weighted by Crippen LogP contribution is -2.35. The molecule has 5 heteroatoms. The van der Waals surface area contributed by atoms with Crippen LogP contribution in [0.5, 0.6) is 0 Å². The van der Waals surface area contributed by atoms with Gasteiger partial charge < -0.3 is 15.5 Å². The lowest BCUT2D eigenvalue weighted by Gasteiger charge is -2.24. The molecule has 1 aliphatic rings. The molecule has 0 aromatic heterocycles. The molecule has 26 heavy (non-hydrogen) atoms. The third-order valence-electron chi connectivity index (χ3n) is 4.63. The molecule has 2 aromatic carbocycles. The summed E-state index contributed by atoms with van der Waals surface area (Å²) in [4.78, 5) is 26.4. The number of para-hydroxylation sites is 2. The van der Waals surface area contributed by atoms with Crippen molar-refractivity contribution < 1.29 is 9.59 Å². The van der Waals surface area contributed by atoms with Crippen LogP contribution in [-0.2, 0) is 4.79 Å². The van der Waals surface area contributed by atoms with Crippen molar-refractivity contribution in [1.82, 2.24) is 5.32 Å². The van der Waals surface area contributed by atoms with Gasteiger partial charge in [0.05, 0.1) is 17.4 Å². The quantitative estimate of drug-likeness (QED) is 0.842. The Kier molecular flexibility index (Phi) is 5.56. The van der Waals surface area contributed by atoms with E-state index in [2.05, 4.69) is 24.5 Å². The van der Waals surface area contributed by atoms with E-state index in [0.29, 0.717) is 18.7 Å². The van der Waals surface area contributed by atoms with Gasteiger partial charge in [-0.3, -0.25) is 4.79 Å². The molecular formula is C21H25N3O2. The van der Waals surface area contributed by atoms with Gasteiger partial charge in [0.1, 0.15) is 0 Å². The van der Waals surface area contributed by atoms with Gasteiger partial charge in [-0.15, -0.1) is 0 Å². The first-order valence-corrected chi connectivity index (χ1v) is 9.08. The lowest BCUT2D eigenvalue weighted by molar-refractivity contribution is -0.117. The van der Waals surface area contributed by atoms with E-state index in [1.54, 1.807) is 4.90 Å². The molecule has 3 amide bonds. The summed E-state index contributed by atoms with van der Waals surface area (Å²) in [5.41, 5.74) is 2.47. The minimum Gasteiger partial charge on any atom is -0.331 e. The number of anilines is 2. The number of nitrogens with one attached hydrogen (secondary N) is 2. The van der Waals surface area contributed by atoms with Gasteiger partial charge in [0.25, 0.3) is 0 Å². The fourth-order valence-corrected chi connectivity index (χ4v) is 3.31. The average molecular weight is 351 g/mol. The van der Waals surface area contributed by atoms with Crippen LogP contribution in [0.3, 0.4) is 0 Å². The Hall–Kier alpha value is -2.82. The number of nitrogens with zero attached hydrogens (tertiary/aromatic N) is 1. The Morgan fingerprint density at radius 1 is 1.04 bits per heavy atom. The largest absolute Gasteiger partial charge is 0.331 e. The summed E-state index contributed by atoms with van der Waals surface area (Å²) in [5.74, 6) is 0.350. The maximum Gasteiger partial charge on any atom is 0.319 e. The maximum atomic E-state index is 12.6. The Bertz CT molecular complexity index is 774. The fourth-order valence-electron chi connectivity index (χ4n) is 3.31. The van der Waals surface area contributed by atoms with Gasteiger partial charge in [-0.1, -0.05) is 56.3 Å². The highest BCUT2D eigenvalue weighted by Gasteiger charge is 2.25. The van der Waals surface area contributed by atoms with Crippen molar-refractivity contribution in [3.8, 4) is 0 Å². The number of carbonyl (C=O) groups is 2. The van der Waals surface area contributed by atoms with Crippen LogP contribution >= 0.6 is 0 Å². The van der Waals surface area contributed by atoms with E-state index in [1.165, 1.54) is 0 Å². The van der Waals surface area contributed by atoms with E-state index in [4.69, 9.17) is 0 Å². The maximum absolute atomic E-state index is 12.6. The number of rotatable bonds is 5. The first-order chi connectivity index (χ1) is 12.6. The zero-order valence-electron chi connectivity index (χ0n) is 15.2. The molecule has 0 radical (unpaired) electrons. The molecule has 3 rings (SSSR count). The average Bonchev–Trinajstić information content (AvgIpc) is 3.06. The van der Waals surface area contributed by atoms with Crippen LogP contribution in [0.4, 0.5) is 16.2 Å². The minimum absolute atomic E-state index is 0.0863. The molecule has 1 aliphatic heterocycles. The van der Waals surface area contributed by atoms with Crippen LogP contribution in [0.1, 0.15) is 38.3 Å². The van der Waals surface area contributed by atoms with Crippen molar-refractivity contribution in [1.29, 1.82) is 0 Å². The minimum atomic E-state index is -0.272. The van der Waals surface area contributed by atoms with Crippen LogP contribution in [0.15, 0.2) is 54.6 Å². The number of urea groups is 1. The summed E-state index contributed by atoms with van der Waals surface area (Å²) in [6.45, 7) is 4.85. The third kappa shape index (κ3) is 4.04. The van der Waals surface area contributed by atoms with Crippen LogP contribution in [-0.4, -0.2) is 18.5 Å². The van der Waals surface area contributed by atoms with Crippen LogP contribution in [0.25, 0.3) is 0 Å². The van der Waals surface area contributed by atoms with Gasteiger partial charge in [0.15, 0.2) is 0 Å². The van der Waals surface area contributed by atoms with Gasteiger partial charge in [-0.2, -0.15) is 0 Å². The molecule has 0 saturated carbocycles. The van der Waals surface area contributed by atoms with Gasteiger partial charge in [-0.05, 0) is 30.0 Å². The molecule has 0 aliphatic carbocycles. The highest BCUT2D eigenvalue weighted by Crippen LogP contribution is 2.29. The second kappa shape index (κ2) is 8.04. The summed E-state index contributed by atoms with van der Waals surface area (Å²) < 4.78 is 0. The van der Waals surface area contributed by atoms with Crippen molar-refractivity contribution in [2.45, 2.75) is 32.7 Å². The fraction of sp³-hybridized carbons (Fsp3) is 0.333. The topological polar surface area (TPSA) is 61.4 Å². The van der Waals surface area contributed by atoms with E-state index < -0.39 is 0 Å². The number of amides is 3. The predicted molar refractivity (Wildman–Crippen MR) is 104 cm³/mol. The molecule has 2 aromatic rings. The molecule has 1 heterocycles. The molecule has 5 nitrogen and oxygen atoms in total. The van der Waals surface area contributed by atoms with E-state index in [1.807, 2.05) is 54.6 Å². The van der Waals surface area contributed by atoms with Crippen molar-refractivity contribution in [2.24, 2.45) is 5.92 Å². The second-order valence-electron chi connectivity index (χ2n) is 6.90. The van der Waals surface area contributed by atoms with Crippen LogP contribution in [0, 0.1) is 5.92 Å². The molecule has 1 fully saturated rings. The Balaban J connectivity index is 1.75. The van der Waals surface area contributed by atoms with E-state index in [-0.39, 0.29) is 23.9 Å². The molecule has 136 valence electrons. The van der Waals surface area contributed by atoms with Gasteiger partial charge in [-0.25, -0.2) is 4.79 Å². The second-order valence-corrected chi connectivity index (χ2v) is 6.90. The van der Waals surface area contributed by atoms with E-state index >= 15 is 0 Å². The monoisotopic (exact) mass is 351 g/mol. The molecule has 0 bridgehead atoms. The lowest BCUT2D eigenvalue weighted by atomic mass is 9.96. The van der Waals surface area contributed by atoms with Crippen molar-refractivity contribution in [3.05, 3.63) is 60.2 Å². The number of hydrogen-bond acceptors (Lipinski definition) is 2. The smallest absolute Gasteiger partial charge is 0.319 e. The zero-order chi connectivity index (χ0) is 18.5. The first kappa shape index (κ1) is 18.0. The van der Waals surface area contributed by atoms with Crippen molar-refractivity contribution in [3.63, 3.8) is 0 Å². The molecule has 2 N–H and O–H groups in total. The highest BCUT2D eigenvalue weighted by atomic mass is 16.2. The standard InChI is InChI=1S/C21H25N3O2/c1-15(2)20(16-9-4-3-5-10-16)23-21(26)22-17-11-6-7-12-18(17)24-14-8-13-19(24)25/h3-7,9-12,15,20H,8,13-14H2,1-2H3,(H2,22,23,26)/t20-/m0/s1. The molecule has 1 saturated heterocycles. The number of carbonyl (C=O) groups excluding carboxylic acids is 2. The summed E-state index contributed by atoms with van der Waals surface area (Å²) in [6, 6.07) is 17.0. The van der Waals surface area contributed by atoms with Crippen molar-refractivity contribution in [2.75, 3.05) is 16.8 Å². The number of hydrogen-bond donors (Lipinski definition) is 2. The van der Waals surface area contributed by atoms with Gasteiger partial charge >= 0.3 is 6.03 Å². The predicted octanol–water partition coefficient (Wildman–Crippen LogP) is 4.33. The third-order valence-corrected chi connectivity index (χ3v) is 4.63. The van der Waals surface area contributed by atoms with Crippen LogP contribution in [0.2, 0.25) is 0 Å². The SMILES string of the molecule is CC(C)[C@H](NC(=O)Nc1ccccc1N1CCCC1=O)c1ccccc1. The molecule has 1 atom stereocenters. The van der Waals surface area contributed by atoms with Crippen molar-refractivity contribution >= 4 is 23.3 Å². The summed E-state index contributed by atoms with van der Waals surface area (Å²) in [5, 5.41) is 5.98. The Labute approximate surface area is 154 Å². The molecule has 0 unspecified atom stereocenters. The Morgan fingerprint density at radius 3 is 2.38 bits per heavy atom. The summed E-state index contributed by atoms with van der Waals surface area (Å²) in [6.07, 6.45) is 1.41. The first-order valence-electron chi connectivity index (χ1n) is 9.08. The molecule has 0 spiro atoms. The zero-order valence-corrected chi connectivity index (χ0v) is 15.2. The number of benzene rings is 2. The Morgan fingerprint density at radius 2 is 1.73 bits per heavy atom. The molecular weight excluding hydrogens is 326 g/mol. The normalized spacial score (nSPS) is 15.2.